The Morgan fingerprint density at radius 3 is 2.50 bits per heavy atom. The van der Waals surface area contributed by atoms with E-state index in [9.17, 15) is 13.2 Å². The SMILES string of the molecule is CCCCNC(=S)N1CCC(C(F)(F)F)C1(C)C. The topological polar surface area (TPSA) is 15.3 Å². The van der Waals surface area contributed by atoms with Gasteiger partial charge in [0.05, 0.1) is 5.92 Å². The third-order valence-electron chi connectivity index (χ3n) is 3.64. The fourth-order valence-corrected chi connectivity index (χ4v) is 2.91. The van der Waals surface area contributed by atoms with E-state index in [1.807, 2.05) is 0 Å². The maximum absolute atomic E-state index is 12.9. The highest BCUT2D eigenvalue weighted by Crippen LogP contribution is 2.44. The van der Waals surface area contributed by atoms with Crippen molar-refractivity contribution >= 4 is 17.3 Å². The van der Waals surface area contributed by atoms with Gasteiger partial charge in [-0.05, 0) is 38.9 Å². The number of thiocarbonyl (C=S) groups is 1. The second kappa shape index (κ2) is 5.63. The van der Waals surface area contributed by atoms with Gasteiger partial charge in [-0.15, -0.1) is 0 Å². The third kappa shape index (κ3) is 3.28. The molecule has 6 heteroatoms. The molecule has 18 heavy (non-hydrogen) atoms. The quantitative estimate of drug-likeness (QED) is 0.631. The van der Waals surface area contributed by atoms with Crippen molar-refractivity contribution in [2.45, 2.75) is 51.7 Å². The van der Waals surface area contributed by atoms with E-state index in [1.54, 1.807) is 18.7 Å². The summed E-state index contributed by atoms with van der Waals surface area (Å²) in [4.78, 5) is 1.68. The van der Waals surface area contributed by atoms with Gasteiger partial charge in [-0.25, -0.2) is 0 Å². The lowest BCUT2D eigenvalue weighted by atomic mass is 9.88. The molecule has 1 fully saturated rings. The van der Waals surface area contributed by atoms with Crippen molar-refractivity contribution in [1.82, 2.24) is 10.2 Å². The number of halogens is 3. The van der Waals surface area contributed by atoms with Crippen molar-refractivity contribution in [2.24, 2.45) is 5.92 Å². The Morgan fingerprint density at radius 2 is 2.06 bits per heavy atom. The Balaban J connectivity index is 2.66. The Morgan fingerprint density at radius 1 is 1.44 bits per heavy atom. The number of rotatable bonds is 3. The minimum atomic E-state index is -4.16. The number of unbranched alkanes of at least 4 members (excludes halogenated alkanes) is 1. The molecular formula is C12H21F3N2S. The zero-order valence-corrected chi connectivity index (χ0v) is 11.9. The van der Waals surface area contributed by atoms with Gasteiger partial charge in [-0.1, -0.05) is 13.3 Å². The standard InChI is InChI=1S/C12H21F3N2S/c1-4-5-7-16-10(18)17-8-6-9(11(17,2)3)12(13,14)15/h9H,4-8H2,1-3H3,(H,16,18). The minimum Gasteiger partial charge on any atom is -0.363 e. The van der Waals surface area contributed by atoms with Gasteiger partial charge in [0.1, 0.15) is 0 Å². The average Bonchev–Trinajstić information content (AvgIpc) is 2.53. The van der Waals surface area contributed by atoms with E-state index in [2.05, 4.69) is 12.2 Å². The van der Waals surface area contributed by atoms with Crippen LogP contribution in [0.2, 0.25) is 0 Å². The summed E-state index contributed by atoms with van der Waals surface area (Å²) in [5, 5.41) is 3.49. The Kier molecular flexibility index (Phi) is 4.86. The lowest BCUT2D eigenvalue weighted by Crippen LogP contribution is -2.52. The predicted octanol–water partition coefficient (Wildman–Crippen LogP) is 3.32. The van der Waals surface area contributed by atoms with Crippen molar-refractivity contribution in [3.8, 4) is 0 Å². The summed E-state index contributed by atoms with van der Waals surface area (Å²) in [7, 11) is 0. The first-order valence-electron chi connectivity index (χ1n) is 6.33. The van der Waals surface area contributed by atoms with E-state index in [1.165, 1.54) is 0 Å². The molecule has 0 spiro atoms. The second-order valence-corrected chi connectivity index (χ2v) is 5.66. The first-order valence-corrected chi connectivity index (χ1v) is 6.74. The summed E-state index contributed by atoms with van der Waals surface area (Å²) in [6.07, 6.45) is -2.04. The van der Waals surface area contributed by atoms with Gasteiger partial charge in [-0.2, -0.15) is 13.2 Å². The number of likely N-dealkylation sites (tertiary alicyclic amines) is 1. The number of hydrogen-bond donors (Lipinski definition) is 1. The first-order chi connectivity index (χ1) is 8.21. The summed E-state index contributed by atoms with van der Waals surface area (Å²) < 4.78 is 38.7. The van der Waals surface area contributed by atoms with Crippen LogP contribution >= 0.6 is 12.2 Å². The van der Waals surface area contributed by atoms with E-state index in [4.69, 9.17) is 12.2 Å². The summed E-state index contributed by atoms with van der Waals surface area (Å²) in [5.41, 5.74) is -0.964. The molecule has 0 aromatic carbocycles. The normalized spacial score (nSPS) is 23.2. The Hall–Kier alpha value is -0.520. The van der Waals surface area contributed by atoms with Crippen molar-refractivity contribution < 1.29 is 13.2 Å². The highest BCUT2D eigenvalue weighted by atomic mass is 32.1. The number of nitrogens with zero attached hydrogens (tertiary/aromatic N) is 1. The third-order valence-corrected chi connectivity index (χ3v) is 4.00. The Bertz CT molecular complexity index is 302. The molecule has 1 rings (SSSR count). The number of alkyl halides is 3. The molecule has 0 aromatic heterocycles. The molecule has 2 nitrogen and oxygen atoms in total. The van der Waals surface area contributed by atoms with Gasteiger partial charge in [0.2, 0.25) is 0 Å². The fourth-order valence-electron chi connectivity index (χ4n) is 2.48. The largest absolute Gasteiger partial charge is 0.394 e. The molecule has 0 aromatic rings. The highest BCUT2D eigenvalue weighted by molar-refractivity contribution is 7.80. The molecule has 1 unspecified atom stereocenters. The molecule has 1 heterocycles. The second-order valence-electron chi connectivity index (χ2n) is 5.27. The van der Waals surface area contributed by atoms with Gasteiger partial charge < -0.3 is 10.2 Å². The molecule has 0 amide bonds. The summed E-state index contributed by atoms with van der Waals surface area (Å²) in [6, 6.07) is 0. The average molecular weight is 282 g/mol. The van der Waals surface area contributed by atoms with Crippen LogP contribution in [0, 0.1) is 5.92 Å². The fraction of sp³-hybridized carbons (Fsp3) is 0.917. The molecular weight excluding hydrogens is 261 g/mol. The van der Waals surface area contributed by atoms with Gasteiger partial charge >= 0.3 is 6.18 Å². The first kappa shape index (κ1) is 15.5. The summed E-state index contributed by atoms with van der Waals surface area (Å²) in [5.74, 6) is -1.31. The van der Waals surface area contributed by atoms with Crippen molar-refractivity contribution in [3.05, 3.63) is 0 Å². The van der Waals surface area contributed by atoms with Crippen LogP contribution in [0.4, 0.5) is 13.2 Å². The van der Waals surface area contributed by atoms with Crippen molar-refractivity contribution in [3.63, 3.8) is 0 Å². The molecule has 1 atom stereocenters. The van der Waals surface area contributed by atoms with Gasteiger partial charge in [0, 0.05) is 18.6 Å². The molecule has 0 radical (unpaired) electrons. The van der Waals surface area contributed by atoms with Gasteiger partial charge in [0.25, 0.3) is 0 Å². The molecule has 1 saturated heterocycles. The van der Waals surface area contributed by atoms with Crippen molar-refractivity contribution in [1.29, 1.82) is 0 Å². The van der Waals surface area contributed by atoms with Gasteiger partial charge in [-0.3, -0.25) is 0 Å². The van der Waals surface area contributed by atoms with Crippen LogP contribution in [0.1, 0.15) is 40.0 Å². The van der Waals surface area contributed by atoms with E-state index in [0.717, 1.165) is 19.4 Å². The van der Waals surface area contributed by atoms with E-state index in [-0.39, 0.29) is 6.42 Å². The van der Waals surface area contributed by atoms with Crippen LogP contribution in [-0.2, 0) is 0 Å². The lowest BCUT2D eigenvalue weighted by molar-refractivity contribution is -0.188. The smallest absolute Gasteiger partial charge is 0.363 e. The maximum Gasteiger partial charge on any atom is 0.394 e. The van der Waals surface area contributed by atoms with E-state index >= 15 is 0 Å². The van der Waals surface area contributed by atoms with Crippen LogP contribution in [-0.4, -0.2) is 34.8 Å². The molecule has 0 bridgehead atoms. The molecule has 0 aliphatic carbocycles. The van der Waals surface area contributed by atoms with Gasteiger partial charge in [0.15, 0.2) is 5.11 Å². The van der Waals surface area contributed by atoms with Crippen molar-refractivity contribution in [2.75, 3.05) is 13.1 Å². The molecule has 106 valence electrons. The van der Waals surface area contributed by atoms with Crippen LogP contribution in [0.3, 0.4) is 0 Å². The highest BCUT2D eigenvalue weighted by Gasteiger charge is 2.55. The van der Waals surface area contributed by atoms with E-state index in [0.29, 0.717) is 11.7 Å². The van der Waals surface area contributed by atoms with Crippen LogP contribution < -0.4 is 5.32 Å². The number of hydrogen-bond acceptors (Lipinski definition) is 1. The zero-order valence-electron chi connectivity index (χ0n) is 11.1. The van der Waals surface area contributed by atoms with E-state index < -0.39 is 17.6 Å². The monoisotopic (exact) mass is 282 g/mol. The predicted molar refractivity (Wildman–Crippen MR) is 70.5 cm³/mol. The molecule has 1 aliphatic rings. The summed E-state index contributed by atoms with van der Waals surface area (Å²) in [6.45, 7) is 6.38. The van der Waals surface area contributed by atoms with Crippen LogP contribution in [0.5, 0.6) is 0 Å². The minimum absolute atomic E-state index is 0.117. The Labute approximate surface area is 112 Å². The molecule has 1 aliphatic heterocycles. The molecule has 1 N–H and O–H groups in total. The van der Waals surface area contributed by atoms with Crippen LogP contribution in [0.15, 0.2) is 0 Å². The zero-order chi connectivity index (χ0) is 14.0. The lowest BCUT2D eigenvalue weighted by Gasteiger charge is -2.38. The van der Waals surface area contributed by atoms with Crippen LogP contribution in [0.25, 0.3) is 0 Å². The maximum atomic E-state index is 12.9. The number of nitrogens with one attached hydrogen (secondary N) is 1. The molecule has 0 saturated carbocycles. The summed E-state index contributed by atoms with van der Waals surface area (Å²) >= 11 is 5.20.